The van der Waals surface area contributed by atoms with Crippen LogP contribution in [0.4, 0.5) is 24.7 Å². The smallest absolute Gasteiger partial charge is 0.453 e. The predicted octanol–water partition coefficient (Wildman–Crippen LogP) is 2.75. The van der Waals surface area contributed by atoms with E-state index in [1.165, 1.54) is 6.07 Å². The molecule has 1 aliphatic heterocycles. The van der Waals surface area contributed by atoms with E-state index in [2.05, 4.69) is 25.3 Å². The second-order valence-corrected chi connectivity index (χ2v) is 7.57. The van der Waals surface area contributed by atoms with Gasteiger partial charge in [0.1, 0.15) is 18.2 Å². The number of anilines is 2. The Labute approximate surface area is 187 Å². The molecule has 1 saturated heterocycles. The van der Waals surface area contributed by atoms with Crippen molar-refractivity contribution in [3.8, 4) is 5.75 Å². The zero-order valence-electron chi connectivity index (χ0n) is 17.6. The fourth-order valence-corrected chi connectivity index (χ4v) is 3.76. The number of piperazine rings is 1. The zero-order chi connectivity index (χ0) is 22.8. The molecule has 33 heavy (non-hydrogen) atoms. The van der Waals surface area contributed by atoms with Gasteiger partial charge in [-0.3, -0.25) is 4.68 Å². The highest BCUT2D eigenvalue weighted by molar-refractivity contribution is 5.52. The van der Waals surface area contributed by atoms with Crippen LogP contribution in [0, 0.1) is 0 Å². The molecule has 4 heterocycles. The maximum Gasteiger partial charge on any atom is 0.453 e. The standard InChI is InChI=1S/C21H21F3N8O/c22-21(23,24)20-27-26-18-6-7-19(28-32(18)20)30-12-10-29(11-13-30)16-2-4-17(5-3-16)33-15-14-31-9-1-8-25-31/h1-9H,10-15H2. The summed E-state index contributed by atoms with van der Waals surface area (Å²) in [5.74, 6) is 0.134. The van der Waals surface area contributed by atoms with Crippen molar-refractivity contribution in [2.75, 3.05) is 42.6 Å². The number of hydrogen-bond donors (Lipinski definition) is 0. The van der Waals surface area contributed by atoms with Crippen molar-refractivity contribution in [2.24, 2.45) is 0 Å². The molecule has 0 amide bonds. The Morgan fingerprint density at radius 1 is 0.909 bits per heavy atom. The maximum atomic E-state index is 13.1. The lowest BCUT2D eigenvalue weighted by Gasteiger charge is -2.36. The van der Waals surface area contributed by atoms with Crippen LogP contribution in [0.1, 0.15) is 5.82 Å². The van der Waals surface area contributed by atoms with E-state index in [-0.39, 0.29) is 5.65 Å². The lowest BCUT2D eigenvalue weighted by molar-refractivity contribution is -0.146. The first-order valence-corrected chi connectivity index (χ1v) is 10.5. The minimum absolute atomic E-state index is 0.0663. The first-order valence-electron chi connectivity index (χ1n) is 10.5. The van der Waals surface area contributed by atoms with Crippen molar-refractivity contribution < 1.29 is 17.9 Å². The van der Waals surface area contributed by atoms with Gasteiger partial charge in [0, 0.05) is 44.3 Å². The molecule has 4 aromatic rings. The third-order valence-electron chi connectivity index (χ3n) is 5.46. The number of ether oxygens (including phenoxy) is 1. The summed E-state index contributed by atoms with van der Waals surface area (Å²) >= 11 is 0. The fraction of sp³-hybridized carbons (Fsp3) is 0.333. The van der Waals surface area contributed by atoms with E-state index in [4.69, 9.17) is 4.74 Å². The molecular formula is C21H21F3N8O. The van der Waals surface area contributed by atoms with Gasteiger partial charge in [-0.2, -0.15) is 22.8 Å². The number of hydrogen-bond acceptors (Lipinski definition) is 7. The SMILES string of the molecule is FC(F)(F)c1nnc2ccc(N3CCN(c4ccc(OCCn5cccn5)cc4)CC3)nn12. The van der Waals surface area contributed by atoms with Gasteiger partial charge < -0.3 is 14.5 Å². The number of fused-ring (bicyclic) bond motifs is 1. The van der Waals surface area contributed by atoms with Crippen molar-refractivity contribution in [3.05, 3.63) is 60.7 Å². The molecule has 1 aromatic carbocycles. The molecule has 3 aromatic heterocycles. The van der Waals surface area contributed by atoms with E-state index < -0.39 is 12.0 Å². The highest BCUT2D eigenvalue weighted by atomic mass is 19.4. The molecule has 0 saturated carbocycles. The molecule has 1 aliphatic rings. The largest absolute Gasteiger partial charge is 0.492 e. The Morgan fingerprint density at radius 2 is 1.67 bits per heavy atom. The average Bonchev–Trinajstić information content (AvgIpc) is 3.49. The molecule has 0 bridgehead atoms. The van der Waals surface area contributed by atoms with Crippen molar-refractivity contribution in [3.63, 3.8) is 0 Å². The predicted molar refractivity (Wildman–Crippen MR) is 114 cm³/mol. The number of rotatable bonds is 6. The van der Waals surface area contributed by atoms with Crippen LogP contribution >= 0.6 is 0 Å². The molecule has 9 nitrogen and oxygen atoms in total. The van der Waals surface area contributed by atoms with Gasteiger partial charge in [0.25, 0.3) is 5.82 Å². The topological polar surface area (TPSA) is 76.6 Å². The van der Waals surface area contributed by atoms with Crippen LogP contribution in [-0.4, -0.2) is 62.4 Å². The van der Waals surface area contributed by atoms with Gasteiger partial charge in [-0.15, -0.1) is 15.3 Å². The van der Waals surface area contributed by atoms with Gasteiger partial charge in [0.15, 0.2) is 5.65 Å². The number of aromatic nitrogens is 6. The highest BCUT2D eigenvalue weighted by Gasteiger charge is 2.37. The van der Waals surface area contributed by atoms with Crippen LogP contribution in [0.25, 0.3) is 5.65 Å². The Morgan fingerprint density at radius 3 is 2.36 bits per heavy atom. The summed E-state index contributed by atoms with van der Waals surface area (Å²) in [5.41, 5.74) is 1.13. The summed E-state index contributed by atoms with van der Waals surface area (Å²) in [6.45, 7) is 3.89. The zero-order valence-corrected chi connectivity index (χ0v) is 17.6. The lowest BCUT2D eigenvalue weighted by atomic mass is 10.2. The summed E-state index contributed by atoms with van der Waals surface area (Å²) in [6.07, 6.45) is -0.988. The van der Waals surface area contributed by atoms with Gasteiger partial charge in [-0.05, 0) is 42.5 Å². The third-order valence-corrected chi connectivity index (χ3v) is 5.46. The van der Waals surface area contributed by atoms with Crippen molar-refractivity contribution in [1.29, 1.82) is 0 Å². The van der Waals surface area contributed by atoms with Crippen LogP contribution in [0.15, 0.2) is 54.9 Å². The van der Waals surface area contributed by atoms with Crippen molar-refractivity contribution in [2.45, 2.75) is 12.7 Å². The van der Waals surface area contributed by atoms with E-state index in [1.807, 2.05) is 46.1 Å². The van der Waals surface area contributed by atoms with E-state index in [9.17, 15) is 13.2 Å². The number of halogens is 3. The van der Waals surface area contributed by atoms with Crippen LogP contribution < -0.4 is 14.5 Å². The van der Waals surface area contributed by atoms with Crippen molar-refractivity contribution >= 4 is 17.2 Å². The van der Waals surface area contributed by atoms with Crippen LogP contribution in [0.3, 0.4) is 0 Å². The van der Waals surface area contributed by atoms with Crippen LogP contribution in [0.2, 0.25) is 0 Å². The summed E-state index contributed by atoms with van der Waals surface area (Å²) in [4.78, 5) is 4.19. The Kier molecular flexibility index (Phi) is 5.48. The molecule has 0 radical (unpaired) electrons. The first kappa shape index (κ1) is 21.0. The monoisotopic (exact) mass is 458 g/mol. The second-order valence-electron chi connectivity index (χ2n) is 7.57. The summed E-state index contributed by atoms with van der Waals surface area (Å²) in [5, 5.41) is 15.1. The summed E-state index contributed by atoms with van der Waals surface area (Å²) in [7, 11) is 0. The number of alkyl halides is 3. The number of benzene rings is 1. The van der Waals surface area contributed by atoms with Gasteiger partial charge in [-0.1, -0.05) is 0 Å². The van der Waals surface area contributed by atoms with Gasteiger partial charge in [0.2, 0.25) is 0 Å². The van der Waals surface area contributed by atoms with Crippen molar-refractivity contribution in [1.82, 2.24) is 29.6 Å². The minimum atomic E-state index is -4.61. The Hall–Kier alpha value is -3.83. The average molecular weight is 458 g/mol. The summed E-state index contributed by atoms with van der Waals surface area (Å²) < 4.78 is 47.7. The normalized spacial score (nSPS) is 14.8. The quantitative estimate of drug-likeness (QED) is 0.440. The molecule has 12 heteroatoms. The first-order chi connectivity index (χ1) is 16.0. The van der Waals surface area contributed by atoms with Crippen LogP contribution in [-0.2, 0) is 12.7 Å². The molecule has 0 N–H and O–H groups in total. The van der Waals surface area contributed by atoms with E-state index in [1.54, 1.807) is 12.3 Å². The molecule has 0 spiro atoms. The Balaban J connectivity index is 1.18. The molecule has 0 aliphatic carbocycles. The number of nitrogens with zero attached hydrogens (tertiary/aromatic N) is 8. The summed E-state index contributed by atoms with van der Waals surface area (Å²) in [6, 6.07) is 12.9. The van der Waals surface area contributed by atoms with E-state index >= 15 is 0 Å². The molecule has 0 atom stereocenters. The van der Waals surface area contributed by atoms with Gasteiger partial charge in [0.05, 0.1) is 6.54 Å². The molecule has 5 rings (SSSR count). The minimum Gasteiger partial charge on any atom is -0.492 e. The maximum absolute atomic E-state index is 13.1. The Bertz CT molecular complexity index is 1200. The van der Waals surface area contributed by atoms with E-state index in [0.29, 0.717) is 45.1 Å². The van der Waals surface area contributed by atoms with Gasteiger partial charge >= 0.3 is 6.18 Å². The molecule has 0 unspecified atom stereocenters. The second kappa shape index (κ2) is 8.60. The highest BCUT2D eigenvalue weighted by Crippen LogP contribution is 2.28. The lowest BCUT2D eigenvalue weighted by Crippen LogP contribution is -2.47. The van der Waals surface area contributed by atoms with Gasteiger partial charge in [-0.25, -0.2) is 0 Å². The third kappa shape index (κ3) is 4.54. The molecule has 1 fully saturated rings. The fourth-order valence-electron chi connectivity index (χ4n) is 3.76. The molecular weight excluding hydrogens is 437 g/mol. The van der Waals surface area contributed by atoms with Crippen LogP contribution in [0.5, 0.6) is 5.75 Å². The molecule has 172 valence electrons. The van der Waals surface area contributed by atoms with E-state index in [0.717, 1.165) is 16.0 Å².